The van der Waals surface area contributed by atoms with Crippen molar-refractivity contribution in [3.63, 3.8) is 0 Å². The normalized spacial score (nSPS) is 26.1. The number of aromatic amines is 1. The molecule has 2 fully saturated rings. The summed E-state index contributed by atoms with van der Waals surface area (Å²) in [6.07, 6.45) is 3.09. The Bertz CT molecular complexity index is 714. The summed E-state index contributed by atoms with van der Waals surface area (Å²) >= 11 is 0. The highest BCUT2D eigenvalue weighted by Crippen LogP contribution is 2.64. The van der Waals surface area contributed by atoms with Crippen LogP contribution in [0.5, 0.6) is 5.75 Å². The van der Waals surface area contributed by atoms with Gasteiger partial charge >= 0.3 is 0 Å². The van der Waals surface area contributed by atoms with Crippen LogP contribution in [0.1, 0.15) is 31.0 Å². The molecule has 4 rings (SSSR count). The fourth-order valence-corrected chi connectivity index (χ4v) is 3.95. The maximum atomic E-state index is 13.8. The van der Waals surface area contributed by atoms with Crippen LogP contribution in [-0.2, 0) is 12.0 Å². The van der Waals surface area contributed by atoms with E-state index in [-0.39, 0.29) is 11.4 Å². The molecular weight excluding hydrogens is 281 g/mol. The number of piperidine rings is 1. The van der Waals surface area contributed by atoms with E-state index in [4.69, 9.17) is 4.74 Å². The zero-order valence-electron chi connectivity index (χ0n) is 12.9. The molecule has 1 aliphatic carbocycles. The molecule has 2 aromatic rings. The van der Waals surface area contributed by atoms with E-state index < -0.39 is 0 Å². The Kier molecular flexibility index (Phi) is 2.93. The van der Waals surface area contributed by atoms with Crippen molar-refractivity contribution in [2.24, 2.45) is 5.92 Å². The van der Waals surface area contributed by atoms with Gasteiger partial charge in [-0.25, -0.2) is 4.39 Å². The molecule has 0 amide bonds. The average Bonchev–Trinajstić information content (AvgIpc) is 2.92. The van der Waals surface area contributed by atoms with Crippen LogP contribution in [0.2, 0.25) is 0 Å². The SMILES string of the molecule is CCc1cc(N2CC[C@H]3C[C@]32c2cc(F)ccc2OC)n[nH]1. The van der Waals surface area contributed by atoms with Crippen LogP contribution in [-0.4, -0.2) is 23.9 Å². The van der Waals surface area contributed by atoms with Gasteiger partial charge in [0.1, 0.15) is 11.6 Å². The molecule has 2 aliphatic rings. The third-order valence-corrected chi connectivity index (χ3v) is 5.16. The molecule has 0 radical (unpaired) electrons. The lowest BCUT2D eigenvalue weighted by atomic mass is 10.0. The molecule has 1 N–H and O–H groups in total. The van der Waals surface area contributed by atoms with E-state index >= 15 is 0 Å². The monoisotopic (exact) mass is 301 g/mol. The van der Waals surface area contributed by atoms with Crippen LogP contribution >= 0.6 is 0 Å². The maximum Gasteiger partial charge on any atom is 0.151 e. The highest BCUT2D eigenvalue weighted by molar-refractivity contribution is 5.57. The second-order valence-corrected chi connectivity index (χ2v) is 6.22. The molecule has 2 heterocycles. The average molecular weight is 301 g/mol. The van der Waals surface area contributed by atoms with Crippen molar-refractivity contribution in [2.75, 3.05) is 18.6 Å². The van der Waals surface area contributed by atoms with E-state index in [9.17, 15) is 4.39 Å². The van der Waals surface area contributed by atoms with Gasteiger partial charge in [-0.1, -0.05) is 6.92 Å². The van der Waals surface area contributed by atoms with Crippen molar-refractivity contribution >= 4 is 5.82 Å². The predicted octanol–water partition coefficient (Wildman–Crippen LogP) is 3.25. The first kappa shape index (κ1) is 13.6. The summed E-state index contributed by atoms with van der Waals surface area (Å²) in [5.74, 6) is 2.08. The topological polar surface area (TPSA) is 41.1 Å². The number of hydrogen-bond acceptors (Lipinski definition) is 3. The fourth-order valence-electron chi connectivity index (χ4n) is 3.95. The summed E-state index contributed by atoms with van der Waals surface area (Å²) in [7, 11) is 1.65. The van der Waals surface area contributed by atoms with E-state index in [1.165, 1.54) is 6.07 Å². The van der Waals surface area contributed by atoms with E-state index in [0.717, 1.165) is 48.6 Å². The minimum Gasteiger partial charge on any atom is -0.496 e. The number of methoxy groups -OCH3 is 1. The third-order valence-electron chi connectivity index (χ3n) is 5.16. The van der Waals surface area contributed by atoms with Crippen LogP contribution in [0.15, 0.2) is 24.3 Å². The highest BCUT2D eigenvalue weighted by atomic mass is 19.1. The van der Waals surface area contributed by atoms with Gasteiger partial charge in [0.15, 0.2) is 5.82 Å². The van der Waals surface area contributed by atoms with Crippen LogP contribution in [0.25, 0.3) is 0 Å². The number of H-pyrrole nitrogens is 1. The zero-order valence-corrected chi connectivity index (χ0v) is 12.9. The number of anilines is 1. The summed E-state index contributed by atoms with van der Waals surface area (Å²) in [5.41, 5.74) is 1.94. The molecule has 0 bridgehead atoms. The first-order chi connectivity index (χ1) is 10.7. The number of halogens is 1. The molecular formula is C17H20FN3O. The van der Waals surface area contributed by atoms with Crippen molar-refractivity contribution in [1.82, 2.24) is 10.2 Å². The summed E-state index contributed by atoms with van der Waals surface area (Å²) in [6, 6.07) is 6.92. The number of hydrogen-bond donors (Lipinski definition) is 1. The van der Waals surface area contributed by atoms with Gasteiger partial charge < -0.3 is 9.64 Å². The van der Waals surface area contributed by atoms with Crippen LogP contribution in [0, 0.1) is 11.7 Å². The second kappa shape index (κ2) is 4.73. The Morgan fingerprint density at radius 1 is 1.45 bits per heavy atom. The predicted molar refractivity (Wildman–Crippen MR) is 82.7 cm³/mol. The van der Waals surface area contributed by atoms with E-state index in [2.05, 4.69) is 28.1 Å². The largest absolute Gasteiger partial charge is 0.496 e. The molecule has 116 valence electrons. The van der Waals surface area contributed by atoms with Gasteiger partial charge in [-0.05, 0) is 43.4 Å². The van der Waals surface area contributed by atoms with Crippen LogP contribution in [0.4, 0.5) is 10.2 Å². The Hall–Kier alpha value is -2.04. The molecule has 1 saturated carbocycles. The smallest absolute Gasteiger partial charge is 0.151 e. The standard InChI is InChI=1S/C17H20FN3O/c1-3-13-9-16(20-19-13)21-7-6-11-10-17(11,21)14-8-12(18)4-5-15(14)22-2/h4-5,8-9,11H,3,6-7,10H2,1-2H3,(H,19,20)/t11-,17+/m0/s1. The number of aryl methyl sites for hydroxylation is 1. The molecule has 4 nitrogen and oxygen atoms in total. The van der Waals surface area contributed by atoms with E-state index in [1.807, 2.05) is 0 Å². The molecule has 1 aromatic carbocycles. The molecule has 2 atom stereocenters. The van der Waals surface area contributed by atoms with Gasteiger partial charge in [0, 0.05) is 23.9 Å². The van der Waals surface area contributed by atoms with E-state index in [1.54, 1.807) is 19.2 Å². The number of benzene rings is 1. The Morgan fingerprint density at radius 3 is 3.00 bits per heavy atom. The van der Waals surface area contributed by atoms with Crippen molar-refractivity contribution in [3.8, 4) is 5.75 Å². The first-order valence-electron chi connectivity index (χ1n) is 7.85. The van der Waals surface area contributed by atoms with Gasteiger partial charge in [-0.15, -0.1) is 0 Å². The number of ether oxygens (including phenoxy) is 1. The lowest BCUT2D eigenvalue weighted by Gasteiger charge is -2.30. The van der Waals surface area contributed by atoms with Crippen molar-refractivity contribution in [2.45, 2.75) is 31.7 Å². The molecule has 1 aliphatic heterocycles. The number of aromatic nitrogens is 2. The lowest BCUT2D eigenvalue weighted by molar-refractivity contribution is 0.401. The molecule has 5 heteroatoms. The van der Waals surface area contributed by atoms with Gasteiger partial charge in [0.25, 0.3) is 0 Å². The van der Waals surface area contributed by atoms with Gasteiger partial charge in [0.05, 0.1) is 12.6 Å². The quantitative estimate of drug-likeness (QED) is 0.942. The highest BCUT2D eigenvalue weighted by Gasteiger charge is 2.64. The van der Waals surface area contributed by atoms with Gasteiger partial charge in [-0.3, -0.25) is 5.10 Å². The first-order valence-corrected chi connectivity index (χ1v) is 7.85. The van der Waals surface area contributed by atoms with Crippen LogP contribution in [0.3, 0.4) is 0 Å². The lowest BCUT2D eigenvalue weighted by Crippen LogP contribution is -2.33. The summed E-state index contributed by atoms with van der Waals surface area (Å²) in [6.45, 7) is 3.06. The van der Waals surface area contributed by atoms with Crippen molar-refractivity contribution in [3.05, 3.63) is 41.3 Å². The van der Waals surface area contributed by atoms with Crippen LogP contribution < -0.4 is 9.64 Å². The van der Waals surface area contributed by atoms with Crippen molar-refractivity contribution in [1.29, 1.82) is 0 Å². The number of rotatable bonds is 4. The molecule has 0 spiro atoms. The number of fused-ring (bicyclic) bond motifs is 1. The minimum absolute atomic E-state index is 0.145. The van der Waals surface area contributed by atoms with E-state index in [0.29, 0.717) is 5.92 Å². The fraction of sp³-hybridized carbons (Fsp3) is 0.471. The summed E-state index contributed by atoms with van der Waals surface area (Å²) < 4.78 is 19.3. The van der Waals surface area contributed by atoms with Gasteiger partial charge in [-0.2, -0.15) is 5.10 Å². The second-order valence-electron chi connectivity index (χ2n) is 6.22. The maximum absolute atomic E-state index is 13.8. The minimum atomic E-state index is -0.209. The summed E-state index contributed by atoms with van der Waals surface area (Å²) in [4.78, 5) is 2.32. The van der Waals surface area contributed by atoms with Gasteiger partial charge in [0.2, 0.25) is 0 Å². The zero-order chi connectivity index (χ0) is 15.3. The molecule has 1 aromatic heterocycles. The Labute approximate surface area is 129 Å². The third kappa shape index (κ3) is 1.77. The Balaban J connectivity index is 1.78. The number of nitrogens with one attached hydrogen (secondary N) is 1. The Morgan fingerprint density at radius 2 is 2.32 bits per heavy atom. The molecule has 22 heavy (non-hydrogen) atoms. The molecule has 0 unspecified atom stereocenters. The molecule has 1 saturated heterocycles. The summed E-state index contributed by atoms with van der Waals surface area (Å²) in [5, 5.41) is 7.54. The van der Waals surface area contributed by atoms with Crippen molar-refractivity contribution < 1.29 is 9.13 Å². The number of nitrogens with zero attached hydrogens (tertiary/aromatic N) is 2.